The number of piperidine rings is 1. The third kappa shape index (κ3) is 4.94. The number of rotatable bonds is 6. The van der Waals surface area contributed by atoms with E-state index < -0.39 is 0 Å². The first-order valence-corrected chi connectivity index (χ1v) is 6.98. The molecular weight excluding hydrogens is 212 g/mol. The third-order valence-corrected chi connectivity index (χ3v) is 4.13. The molecule has 0 aliphatic carbocycles. The van der Waals surface area contributed by atoms with Crippen LogP contribution >= 0.6 is 0 Å². The number of nitrogens with zero attached hydrogens (tertiary/aromatic N) is 1. The van der Waals surface area contributed by atoms with Crippen molar-refractivity contribution in [1.82, 2.24) is 10.2 Å². The van der Waals surface area contributed by atoms with Crippen LogP contribution in [0, 0.1) is 5.92 Å². The van der Waals surface area contributed by atoms with Gasteiger partial charge in [0.1, 0.15) is 0 Å². The Morgan fingerprint density at radius 1 is 1.35 bits per heavy atom. The van der Waals surface area contributed by atoms with Gasteiger partial charge in [0.25, 0.3) is 0 Å². The fraction of sp³-hybridized carbons (Fsp3) is 1.00. The number of hydrogen-bond donors (Lipinski definition) is 1. The molecule has 1 saturated heterocycles. The second-order valence-corrected chi connectivity index (χ2v) is 6.02. The summed E-state index contributed by atoms with van der Waals surface area (Å²) in [5, 5.41) is 3.59. The van der Waals surface area contributed by atoms with Gasteiger partial charge >= 0.3 is 0 Å². The van der Waals surface area contributed by atoms with Crippen LogP contribution in [-0.4, -0.2) is 49.8 Å². The van der Waals surface area contributed by atoms with Crippen LogP contribution in [-0.2, 0) is 4.74 Å². The van der Waals surface area contributed by atoms with Crippen LogP contribution in [0.3, 0.4) is 0 Å². The normalized spacial score (nSPS) is 28.6. The molecule has 0 radical (unpaired) electrons. The predicted octanol–water partition coefficient (Wildman–Crippen LogP) is 2.12. The van der Waals surface area contributed by atoms with Crippen molar-refractivity contribution in [3.8, 4) is 0 Å². The van der Waals surface area contributed by atoms with E-state index in [2.05, 4.69) is 37.9 Å². The van der Waals surface area contributed by atoms with E-state index in [0.29, 0.717) is 12.0 Å². The van der Waals surface area contributed by atoms with Crippen molar-refractivity contribution in [3.63, 3.8) is 0 Å². The highest BCUT2D eigenvalue weighted by Gasteiger charge is 2.30. The summed E-state index contributed by atoms with van der Waals surface area (Å²) in [6.45, 7) is 13.5. The summed E-state index contributed by atoms with van der Waals surface area (Å²) in [6.07, 6.45) is 2.44. The second kappa shape index (κ2) is 6.72. The van der Waals surface area contributed by atoms with Crippen molar-refractivity contribution in [2.24, 2.45) is 5.92 Å². The molecule has 1 heterocycles. The zero-order valence-corrected chi connectivity index (χ0v) is 12.3. The lowest BCUT2D eigenvalue weighted by Gasteiger charge is -2.39. The van der Waals surface area contributed by atoms with Gasteiger partial charge in [0, 0.05) is 32.8 Å². The molecule has 102 valence electrons. The van der Waals surface area contributed by atoms with Crippen LogP contribution in [0.1, 0.15) is 40.5 Å². The number of methoxy groups -OCH3 is 1. The molecule has 0 spiro atoms. The zero-order chi connectivity index (χ0) is 12.9. The summed E-state index contributed by atoms with van der Waals surface area (Å²) >= 11 is 0. The van der Waals surface area contributed by atoms with Crippen molar-refractivity contribution >= 4 is 0 Å². The summed E-state index contributed by atoms with van der Waals surface area (Å²) in [5.41, 5.74) is 0.0713. The topological polar surface area (TPSA) is 24.5 Å². The number of nitrogens with one attached hydrogen (secondary N) is 1. The van der Waals surface area contributed by atoms with E-state index in [1.54, 1.807) is 0 Å². The van der Waals surface area contributed by atoms with Gasteiger partial charge in [-0.15, -0.1) is 0 Å². The minimum atomic E-state index is 0.0713. The SMILES string of the molecule is COC1(C)CCCN(CCNC(C)C(C)C)C1. The fourth-order valence-electron chi connectivity index (χ4n) is 2.35. The molecule has 0 saturated carbocycles. The minimum absolute atomic E-state index is 0.0713. The van der Waals surface area contributed by atoms with Gasteiger partial charge in [-0.1, -0.05) is 13.8 Å². The van der Waals surface area contributed by atoms with Crippen molar-refractivity contribution < 1.29 is 4.74 Å². The smallest absolute Gasteiger partial charge is 0.0777 e. The molecule has 0 bridgehead atoms. The first-order valence-electron chi connectivity index (χ1n) is 6.98. The molecule has 1 rings (SSSR count). The lowest BCUT2D eigenvalue weighted by Crippen LogP contribution is -2.49. The Bertz CT molecular complexity index is 220. The Labute approximate surface area is 107 Å². The van der Waals surface area contributed by atoms with Crippen LogP contribution in [0.15, 0.2) is 0 Å². The maximum atomic E-state index is 5.61. The van der Waals surface area contributed by atoms with Gasteiger partial charge in [0.05, 0.1) is 5.60 Å². The Hall–Kier alpha value is -0.120. The minimum Gasteiger partial charge on any atom is -0.377 e. The number of likely N-dealkylation sites (tertiary alicyclic amines) is 1. The van der Waals surface area contributed by atoms with E-state index in [4.69, 9.17) is 4.74 Å². The van der Waals surface area contributed by atoms with Crippen LogP contribution in [0.4, 0.5) is 0 Å². The molecule has 3 heteroatoms. The summed E-state index contributed by atoms with van der Waals surface area (Å²) in [6, 6.07) is 0.605. The van der Waals surface area contributed by atoms with Crippen LogP contribution < -0.4 is 5.32 Å². The van der Waals surface area contributed by atoms with Crippen LogP contribution in [0.25, 0.3) is 0 Å². The van der Waals surface area contributed by atoms with Crippen molar-refractivity contribution in [1.29, 1.82) is 0 Å². The average Bonchev–Trinajstić information content (AvgIpc) is 2.29. The molecule has 0 aromatic rings. The molecular formula is C14H30N2O. The van der Waals surface area contributed by atoms with E-state index >= 15 is 0 Å². The standard InChI is InChI=1S/C14H30N2O/c1-12(2)13(3)15-8-10-16-9-6-7-14(4,11-16)17-5/h12-13,15H,6-11H2,1-5H3. The largest absolute Gasteiger partial charge is 0.377 e. The van der Waals surface area contributed by atoms with Gasteiger partial charge in [0.2, 0.25) is 0 Å². The number of ether oxygens (including phenoxy) is 1. The summed E-state index contributed by atoms with van der Waals surface area (Å²) in [7, 11) is 1.84. The van der Waals surface area contributed by atoms with Gasteiger partial charge in [-0.2, -0.15) is 0 Å². The highest BCUT2D eigenvalue weighted by molar-refractivity contribution is 4.84. The third-order valence-electron chi connectivity index (χ3n) is 4.13. The lowest BCUT2D eigenvalue weighted by molar-refractivity contribution is -0.0503. The van der Waals surface area contributed by atoms with Gasteiger partial charge in [-0.25, -0.2) is 0 Å². The van der Waals surface area contributed by atoms with E-state index in [1.165, 1.54) is 19.4 Å². The molecule has 1 aliphatic heterocycles. The van der Waals surface area contributed by atoms with Crippen molar-refractivity contribution in [2.75, 3.05) is 33.3 Å². The molecule has 3 nitrogen and oxygen atoms in total. The molecule has 0 aromatic carbocycles. The first kappa shape index (κ1) is 14.9. The second-order valence-electron chi connectivity index (χ2n) is 6.02. The van der Waals surface area contributed by atoms with E-state index in [0.717, 1.165) is 19.6 Å². The molecule has 2 unspecified atom stereocenters. The first-order chi connectivity index (χ1) is 7.97. The average molecular weight is 242 g/mol. The molecule has 0 aromatic heterocycles. The Morgan fingerprint density at radius 2 is 2.06 bits per heavy atom. The Morgan fingerprint density at radius 3 is 2.65 bits per heavy atom. The zero-order valence-electron chi connectivity index (χ0n) is 12.3. The van der Waals surface area contributed by atoms with Crippen molar-refractivity contribution in [2.45, 2.75) is 52.2 Å². The molecule has 2 atom stereocenters. The molecule has 17 heavy (non-hydrogen) atoms. The van der Waals surface area contributed by atoms with Crippen molar-refractivity contribution in [3.05, 3.63) is 0 Å². The molecule has 1 N–H and O–H groups in total. The van der Waals surface area contributed by atoms with Gasteiger partial charge in [0.15, 0.2) is 0 Å². The highest BCUT2D eigenvalue weighted by atomic mass is 16.5. The highest BCUT2D eigenvalue weighted by Crippen LogP contribution is 2.23. The monoisotopic (exact) mass is 242 g/mol. The molecule has 1 aliphatic rings. The fourth-order valence-corrected chi connectivity index (χ4v) is 2.35. The van der Waals surface area contributed by atoms with E-state index in [1.807, 2.05) is 7.11 Å². The van der Waals surface area contributed by atoms with Gasteiger partial charge in [-0.3, -0.25) is 4.90 Å². The lowest BCUT2D eigenvalue weighted by atomic mass is 9.95. The summed E-state index contributed by atoms with van der Waals surface area (Å²) in [4.78, 5) is 2.52. The van der Waals surface area contributed by atoms with Gasteiger partial charge in [-0.05, 0) is 39.2 Å². The van der Waals surface area contributed by atoms with Crippen LogP contribution in [0.2, 0.25) is 0 Å². The summed E-state index contributed by atoms with van der Waals surface area (Å²) < 4.78 is 5.61. The van der Waals surface area contributed by atoms with Crippen LogP contribution in [0.5, 0.6) is 0 Å². The Balaban J connectivity index is 2.23. The maximum absolute atomic E-state index is 5.61. The summed E-state index contributed by atoms with van der Waals surface area (Å²) in [5.74, 6) is 0.709. The molecule has 1 fully saturated rings. The predicted molar refractivity (Wildman–Crippen MR) is 73.4 cm³/mol. The number of hydrogen-bond acceptors (Lipinski definition) is 3. The van der Waals surface area contributed by atoms with E-state index in [9.17, 15) is 0 Å². The molecule has 0 amide bonds. The van der Waals surface area contributed by atoms with Gasteiger partial charge < -0.3 is 10.1 Å². The van der Waals surface area contributed by atoms with E-state index in [-0.39, 0.29) is 5.60 Å². The maximum Gasteiger partial charge on any atom is 0.0777 e. The quantitative estimate of drug-likeness (QED) is 0.772. The Kier molecular flexibility index (Phi) is 5.90.